The molecule has 7 heteroatoms. The maximum absolute atomic E-state index is 13.2. The first-order chi connectivity index (χ1) is 15.2. The lowest BCUT2D eigenvalue weighted by Crippen LogP contribution is -2.39. The topological polar surface area (TPSA) is 53.4 Å². The summed E-state index contributed by atoms with van der Waals surface area (Å²) in [6.45, 7) is 5.19. The lowest BCUT2D eigenvalue weighted by atomic mass is 10.1. The summed E-state index contributed by atoms with van der Waals surface area (Å²) >= 11 is 3.59. The van der Waals surface area contributed by atoms with Gasteiger partial charge in [0.2, 0.25) is 5.91 Å². The number of anilines is 1. The second-order valence-corrected chi connectivity index (χ2v) is 8.81. The van der Waals surface area contributed by atoms with Crippen molar-refractivity contribution < 1.29 is 4.79 Å². The standard InChI is InChI=1S/C24H28BrN5O/c25-22-7-8-23-21(15-22)17-30(24(31)18-29-12-10-26-19-29)14-13-28(11-4-9-27-23)16-20-5-2-1-3-6-20/h1-3,5-8,10,12,15,19,27H,4,9,11,13-14,16-18H2. The summed E-state index contributed by atoms with van der Waals surface area (Å²) in [5.41, 5.74) is 3.53. The molecule has 0 unspecified atom stereocenters. The number of halogens is 1. The van der Waals surface area contributed by atoms with Gasteiger partial charge in [0, 0.05) is 61.8 Å². The van der Waals surface area contributed by atoms with Gasteiger partial charge in [0.15, 0.2) is 0 Å². The number of amides is 1. The molecule has 2 aromatic carbocycles. The Morgan fingerprint density at radius 3 is 2.77 bits per heavy atom. The second-order valence-electron chi connectivity index (χ2n) is 7.89. The van der Waals surface area contributed by atoms with Gasteiger partial charge >= 0.3 is 0 Å². The van der Waals surface area contributed by atoms with Crippen LogP contribution in [0.4, 0.5) is 5.69 Å². The van der Waals surface area contributed by atoms with Crippen LogP contribution in [0.25, 0.3) is 0 Å². The van der Waals surface area contributed by atoms with Crippen LogP contribution in [0.1, 0.15) is 17.5 Å². The molecule has 6 nitrogen and oxygen atoms in total. The van der Waals surface area contributed by atoms with Crippen LogP contribution in [0.3, 0.4) is 0 Å². The van der Waals surface area contributed by atoms with E-state index in [0.29, 0.717) is 19.6 Å². The molecule has 0 saturated heterocycles. The zero-order chi connectivity index (χ0) is 21.5. The van der Waals surface area contributed by atoms with Crippen LogP contribution in [-0.4, -0.2) is 51.4 Å². The molecule has 1 aromatic heterocycles. The third kappa shape index (κ3) is 6.18. The van der Waals surface area contributed by atoms with Crippen molar-refractivity contribution in [1.82, 2.24) is 19.4 Å². The van der Waals surface area contributed by atoms with Crippen molar-refractivity contribution in [2.45, 2.75) is 26.1 Å². The number of fused-ring (bicyclic) bond motifs is 1. The molecule has 0 aliphatic carbocycles. The van der Waals surface area contributed by atoms with E-state index in [1.165, 1.54) is 5.56 Å². The van der Waals surface area contributed by atoms with Crippen molar-refractivity contribution >= 4 is 27.5 Å². The number of rotatable bonds is 4. The normalized spacial score (nSPS) is 15.6. The van der Waals surface area contributed by atoms with E-state index in [4.69, 9.17) is 0 Å². The SMILES string of the molecule is O=C(Cn1ccnc1)N1CCN(Cc2ccccc2)CCCNc2ccc(Br)cc2C1. The maximum atomic E-state index is 13.2. The Labute approximate surface area is 192 Å². The highest BCUT2D eigenvalue weighted by molar-refractivity contribution is 9.10. The van der Waals surface area contributed by atoms with Crippen LogP contribution in [0.5, 0.6) is 0 Å². The maximum Gasteiger partial charge on any atom is 0.242 e. The first-order valence-electron chi connectivity index (χ1n) is 10.7. The molecule has 0 spiro atoms. The molecule has 3 aromatic rings. The lowest BCUT2D eigenvalue weighted by Gasteiger charge is -2.28. The summed E-state index contributed by atoms with van der Waals surface area (Å²) in [5.74, 6) is 0.0998. The average molecular weight is 482 g/mol. The largest absolute Gasteiger partial charge is 0.385 e. The summed E-state index contributed by atoms with van der Waals surface area (Å²) in [6.07, 6.45) is 6.28. The minimum Gasteiger partial charge on any atom is -0.385 e. The summed E-state index contributed by atoms with van der Waals surface area (Å²) < 4.78 is 2.85. The highest BCUT2D eigenvalue weighted by Crippen LogP contribution is 2.23. The molecule has 1 N–H and O–H groups in total. The van der Waals surface area contributed by atoms with Crippen molar-refractivity contribution in [3.8, 4) is 0 Å². The van der Waals surface area contributed by atoms with E-state index in [0.717, 1.165) is 48.3 Å². The van der Waals surface area contributed by atoms with E-state index < -0.39 is 0 Å². The van der Waals surface area contributed by atoms with E-state index in [9.17, 15) is 4.79 Å². The molecule has 1 aliphatic heterocycles. The Morgan fingerprint density at radius 2 is 1.97 bits per heavy atom. The molecule has 1 aliphatic rings. The van der Waals surface area contributed by atoms with Gasteiger partial charge in [-0.15, -0.1) is 0 Å². The third-order valence-corrected chi connectivity index (χ3v) is 6.05. The molecule has 0 radical (unpaired) electrons. The van der Waals surface area contributed by atoms with Gasteiger partial charge in [0.25, 0.3) is 0 Å². The Balaban J connectivity index is 1.54. The predicted molar refractivity (Wildman–Crippen MR) is 127 cm³/mol. The molecular weight excluding hydrogens is 454 g/mol. The van der Waals surface area contributed by atoms with Crippen molar-refractivity contribution in [3.05, 3.63) is 82.9 Å². The Morgan fingerprint density at radius 1 is 1.10 bits per heavy atom. The molecule has 162 valence electrons. The van der Waals surface area contributed by atoms with Gasteiger partial charge in [0.1, 0.15) is 6.54 Å². The summed E-state index contributed by atoms with van der Waals surface area (Å²) in [6, 6.07) is 16.8. The number of carbonyl (C=O) groups excluding carboxylic acids is 1. The van der Waals surface area contributed by atoms with Gasteiger partial charge in [-0.25, -0.2) is 4.98 Å². The van der Waals surface area contributed by atoms with E-state index in [2.05, 4.69) is 67.5 Å². The van der Waals surface area contributed by atoms with Gasteiger partial charge in [0.05, 0.1) is 6.33 Å². The van der Waals surface area contributed by atoms with Crippen LogP contribution in [0, 0.1) is 0 Å². The zero-order valence-electron chi connectivity index (χ0n) is 17.6. The van der Waals surface area contributed by atoms with Crippen molar-refractivity contribution in [2.24, 2.45) is 0 Å². The van der Waals surface area contributed by atoms with E-state index >= 15 is 0 Å². The predicted octanol–water partition coefficient (Wildman–Crippen LogP) is 3.99. The fraction of sp³-hybridized carbons (Fsp3) is 0.333. The van der Waals surface area contributed by atoms with E-state index in [1.54, 1.807) is 12.5 Å². The van der Waals surface area contributed by atoms with Gasteiger partial charge in [-0.2, -0.15) is 0 Å². The summed E-state index contributed by atoms with van der Waals surface area (Å²) in [5, 5.41) is 3.58. The fourth-order valence-electron chi connectivity index (χ4n) is 3.90. The van der Waals surface area contributed by atoms with Crippen LogP contribution in [0.15, 0.2) is 71.7 Å². The first-order valence-corrected chi connectivity index (χ1v) is 11.5. The van der Waals surface area contributed by atoms with Crippen molar-refractivity contribution in [1.29, 1.82) is 0 Å². The van der Waals surface area contributed by atoms with Gasteiger partial charge in [-0.3, -0.25) is 9.69 Å². The van der Waals surface area contributed by atoms with Gasteiger partial charge < -0.3 is 14.8 Å². The Hall–Kier alpha value is -2.64. The molecule has 2 heterocycles. The van der Waals surface area contributed by atoms with Crippen LogP contribution >= 0.6 is 15.9 Å². The smallest absolute Gasteiger partial charge is 0.242 e. The number of hydrogen-bond donors (Lipinski definition) is 1. The molecule has 0 saturated carbocycles. The monoisotopic (exact) mass is 481 g/mol. The molecular formula is C24H28BrN5O. The minimum absolute atomic E-state index is 0.0998. The molecule has 0 atom stereocenters. The quantitative estimate of drug-likeness (QED) is 0.611. The second kappa shape index (κ2) is 10.6. The van der Waals surface area contributed by atoms with Crippen molar-refractivity contribution in [2.75, 3.05) is 31.5 Å². The third-order valence-electron chi connectivity index (χ3n) is 5.56. The number of benzene rings is 2. The van der Waals surface area contributed by atoms with Gasteiger partial charge in [-0.05, 0) is 35.7 Å². The highest BCUT2D eigenvalue weighted by atomic mass is 79.9. The Kier molecular flexibility index (Phi) is 7.38. The summed E-state index contributed by atoms with van der Waals surface area (Å²) in [7, 11) is 0. The van der Waals surface area contributed by atoms with E-state index in [-0.39, 0.29) is 5.91 Å². The lowest BCUT2D eigenvalue weighted by molar-refractivity contribution is -0.132. The highest BCUT2D eigenvalue weighted by Gasteiger charge is 2.19. The van der Waals surface area contributed by atoms with Gasteiger partial charge in [-0.1, -0.05) is 46.3 Å². The number of nitrogens with one attached hydrogen (secondary N) is 1. The van der Waals surface area contributed by atoms with Crippen molar-refractivity contribution in [3.63, 3.8) is 0 Å². The number of hydrogen-bond acceptors (Lipinski definition) is 4. The first kappa shape index (κ1) is 21.6. The van der Waals surface area contributed by atoms with Crippen LogP contribution < -0.4 is 5.32 Å². The fourth-order valence-corrected chi connectivity index (χ4v) is 4.31. The summed E-state index contributed by atoms with van der Waals surface area (Å²) in [4.78, 5) is 21.7. The number of nitrogens with zero attached hydrogens (tertiary/aromatic N) is 4. The number of carbonyl (C=O) groups is 1. The van der Waals surface area contributed by atoms with E-state index in [1.807, 2.05) is 27.8 Å². The zero-order valence-corrected chi connectivity index (χ0v) is 19.2. The molecule has 4 rings (SSSR count). The number of imidazole rings is 1. The molecule has 0 bridgehead atoms. The van der Waals surface area contributed by atoms with Crippen LogP contribution in [0.2, 0.25) is 0 Å². The van der Waals surface area contributed by atoms with Crippen LogP contribution in [-0.2, 0) is 24.4 Å². The number of aromatic nitrogens is 2. The Bertz CT molecular complexity index is 977. The molecule has 1 amide bonds. The molecule has 0 fully saturated rings. The minimum atomic E-state index is 0.0998. The molecule has 31 heavy (non-hydrogen) atoms. The average Bonchev–Trinajstić information content (AvgIpc) is 3.27.